The Morgan fingerprint density at radius 3 is 3.08 bits per heavy atom. The molecule has 0 unspecified atom stereocenters. The summed E-state index contributed by atoms with van der Waals surface area (Å²) in [6.07, 6.45) is 3.22. The molecule has 0 aromatic carbocycles. The normalized spacial score (nSPS) is 10.6. The Bertz CT molecular complexity index is 237. The van der Waals surface area contributed by atoms with E-state index in [2.05, 4.69) is 11.9 Å². The minimum Gasteiger partial charge on any atom is -0.448 e. The number of alkyl halides is 1. The molecule has 74 valence electrons. The highest BCUT2D eigenvalue weighted by Crippen LogP contribution is 2.10. The lowest BCUT2D eigenvalue weighted by Crippen LogP contribution is -2.00. The van der Waals surface area contributed by atoms with Crippen LogP contribution in [0.5, 0.6) is 0 Å². The van der Waals surface area contributed by atoms with Crippen LogP contribution in [0.15, 0.2) is 10.8 Å². The Balaban J connectivity index is 2.27. The van der Waals surface area contributed by atoms with E-state index in [1.165, 1.54) is 6.39 Å². The average Bonchev–Trinajstić information content (AvgIpc) is 2.60. The second-order valence-electron chi connectivity index (χ2n) is 2.72. The van der Waals surface area contributed by atoms with Crippen LogP contribution < -0.4 is 0 Å². The zero-order valence-corrected chi connectivity index (χ0v) is 8.51. The van der Waals surface area contributed by atoms with Gasteiger partial charge in [-0.25, -0.2) is 4.98 Å². The molecule has 0 amide bonds. The van der Waals surface area contributed by atoms with Crippen molar-refractivity contribution in [2.45, 2.75) is 25.6 Å². The van der Waals surface area contributed by atoms with Gasteiger partial charge in [-0.15, -0.1) is 11.6 Å². The van der Waals surface area contributed by atoms with Crippen molar-refractivity contribution >= 4 is 11.6 Å². The van der Waals surface area contributed by atoms with Crippen molar-refractivity contribution in [3.63, 3.8) is 0 Å². The maximum atomic E-state index is 5.65. The van der Waals surface area contributed by atoms with E-state index >= 15 is 0 Å². The Hall–Kier alpha value is -0.540. The molecule has 0 atom stereocenters. The molecule has 1 heterocycles. The van der Waals surface area contributed by atoms with Gasteiger partial charge in [-0.05, 0) is 6.42 Å². The van der Waals surface area contributed by atoms with Gasteiger partial charge in [-0.1, -0.05) is 6.92 Å². The van der Waals surface area contributed by atoms with Gasteiger partial charge in [0.1, 0.15) is 5.76 Å². The molecule has 0 spiro atoms. The summed E-state index contributed by atoms with van der Waals surface area (Å²) in [5.41, 5.74) is 0.821. The summed E-state index contributed by atoms with van der Waals surface area (Å²) in [6, 6.07) is 0. The lowest BCUT2D eigenvalue weighted by atomic mass is 10.3. The van der Waals surface area contributed by atoms with E-state index < -0.39 is 0 Å². The molecule has 0 aliphatic heterocycles. The summed E-state index contributed by atoms with van der Waals surface area (Å²) < 4.78 is 10.5. The van der Waals surface area contributed by atoms with Crippen LogP contribution in [0.25, 0.3) is 0 Å². The van der Waals surface area contributed by atoms with E-state index in [0.29, 0.717) is 12.5 Å². The van der Waals surface area contributed by atoms with Crippen LogP contribution >= 0.6 is 11.6 Å². The second kappa shape index (κ2) is 6.00. The highest BCUT2D eigenvalue weighted by Gasteiger charge is 2.05. The number of hydrogen-bond acceptors (Lipinski definition) is 3. The van der Waals surface area contributed by atoms with Crippen LogP contribution in [0.3, 0.4) is 0 Å². The number of oxazole rings is 1. The fourth-order valence-corrected chi connectivity index (χ4v) is 1.24. The molecular weight excluding hydrogens is 190 g/mol. The number of hydrogen-bond donors (Lipinski definition) is 0. The van der Waals surface area contributed by atoms with Gasteiger partial charge < -0.3 is 9.15 Å². The number of aromatic nitrogens is 1. The first-order valence-corrected chi connectivity index (χ1v) is 4.96. The highest BCUT2D eigenvalue weighted by molar-refractivity contribution is 6.16. The van der Waals surface area contributed by atoms with Crippen molar-refractivity contribution in [2.24, 2.45) is 0 Å². The molecule has 0 saturated carbocycles. The molecule has 0 radical (unpaired) electrons. The molecular formula is C9H14ClNO2. The van der Waals surface area contributed by atoms with Gasteiger partial charge in [0.2, 0.25) is 0 Å². The average molecular weight is 204 g/mol. The van der Waals surface area contributed by atoms with Crippen molar-refractivity contribution in [3.8, 4) is 0 Å². The topological polar surface area (TPSA) is 35.3 Å². The molecule has 13 heavy (non-hydrogen) atoms. The molecule has 4 heteroatoms. The van der Waals surface area contributed by atoms with Gasteiger partial charge in [-0.2, -0.15) is 0 Å². The minimum absolute atomic E-state index is 0.402. The zero-order chi connectivity index (χ0) is 9.52. The first-order valence-electron chi connectivity index (χ1n) is 4.43. The van der Waals surface area contributed by atoms with Crippen LogP contribution in [0.1, 0.15) is 24.8 Å². The Morgan fingerprint density at radius 2 is 2.38 bits per heavy atom. The van der Waals surface area contributed by atoms with E-state index in [-0.39, 0.29) is 0 Å². The number of halogens is 1. The highest BCUT2D eigenvalue weighted by atomic mass is 35.5. The molecule has 3 nitrogen and oxygen atoms in total. The Labute approximate surface area is 83.1 Å². The van der Waals surface area contributed by atoms with Crippen molar-refractivity contribution in [3.05, 3.63) is 17.8 Å². The number of rotatable bonds is 6. The van der Waals surface area contributed by atoms with E-state index in [0.717, 1.165) is 30.9 Å². The van der Waals surface area contributed by atoms with Crippen molar-refractivity contribution in [1.29, 1.82) is 0 Å². The van der Waals surface area contributed by atoms with Crippen molar-refractivity contribution < 1.29 is 9.15 Å². The largest absolute Gasteiger partial charge is 0.448 e. The predicted octanol–water partition coefficient (Wildman–Crippen LogP) is 2.38. The van der Waals surface area contributed by atoms with E-state index in [4.69, 9.17) is 20.8 Å². The van der Waals surface area contributed by atoms with Gasteiger partial charge in [0, 0.05) is 13.0 Å². The van der Waals surface area contributed by atoms with Gasteiger partial charge in [0.15, 0.2) is 6.39 Å². The van der Waals surface area contributed by atoms with Crippen LogP contribution in [0.4, 0.5) is 0 Å². The third-order valence-corrected chi connectivity index (χ3v) is 1.93. The SMILES string of the molecule is CCCOCCc1ocnc1CCl. The number of ether oxygens (including phenoxy) is 1. The predicted molar refractivity (Wildman–Crippen MR) is 50.9 cm³/mol. The van der Waals surface area contributed by atoms with Gasteiger partial charge >= 0.3 is 0 Å². The molecule has 0 bridgehead atoms. The van der Waals surface area contributed by atoms with Crippen LogP contribution in [-0.2, 0) is 17.0 Å². The lowest BCUT2D eigenvalue weighted by Gasteiger charge is -2.00. The fraction of sp³-hybridized carbons (Fsp3) is 0.667. The Kier molecular flexibility index (Phi) is 4.86. The third-order valence-electron chi connectivity index (χ3n) is 1.67. The fourth-order valence-electron chi connectivity index (χ4n) is 1.02. The van der Waals surface area contributed by atoms with Gasteiger partial charge in [-0.3, -0.25) is 0 Å². The van der Waals surface area contributed by atoms with Crippen molar-refractivity contribution in [1.82, 2.24) is 4.98 Å². The second-order valence-corrected chi connectivity index (χ2v) is 2.99. The zero-order valence-electron chi connectivity index (χ0n) is 7.75. The molecule has 0 aliphatic carbocycles. The summed E-state index contributed by atoms with van der Waals surface area (Å²) in [6.45, 7) is 3.55. The Morgan fingerprint density at radius 1 is 1.54 bits per heavy atom. The summed E-state index contributed by atoms with van der Waals surface area (Å²) in [7, 11) is 0. The molecule has 1 aromatic rings. The van der Waals surface area contributed by atoms with E-state index in [1.807, 2.05) is 0 Å². The van der Waals surface area contributed by atoms with Crippen LogP contribution in [0.2, 0.25) is 0 Å². The lowest BCUT2D eigenvalue weighted by molar-refractivity contribution is 0.134. The quantitative estimate of drug-likeness (QED) is 0.526. The molecule has 0 aliphatic rings. The van der Waals surface area contributed by atoms with E-state index in [9.17, 15) is 0 Å². The first-order chi connectivity index (χ1) is 6.38. The molecule has 0 saturated heterocycles. The summed E-state index contributed by atoms with van der Waals surface area (Å²) >= 11 is 5.65. The maximum absolute atomic E-state index is 5.65. The summed E-state index contributed by atoms with van der Waals surface area (Å²) in [5, 5.41) is 0. The van der Waals surface area contributed by atoms with Crippen LogP contribution in [0, 0.1) is 0 Å². The summed E-state index contributed by atoms with van der Waals surface area (Å²) in [4.78, 5) is 3.98. The minimum atomic E-state index is 0.402. The molecule has 0 N–H and O–H groups in total. The van der Waals surface area contributed by atoms with Crippen molar-refractivity contribution in [2.75, 3.05) is 13.2 Å². The molecule has 1 rings (SSSR count). The third kappa shape index (κ3) is 3.36. The smallest absolute Gasteiger partial charge is 0.181 e. The summed E-state index contributed by atoms with van der Waals surface area (Å²) in [5.74, 6) is 1.24. The number of nitrogens with zero attached hydrogens (tertiary/aromatic N) is 1. The maximum Gasteiger partial charge on any atom is 0.181 e. The van der Waals surface area contributed by atoms with Gasteiger partial charge in [0.05, 0.1) is 18.2 Å². The van der Waals surface area contributed by atoms with E-state index in [1.54, 1.807) is 0 Å². The first kappa shape index (κ1) is 10.5. The standard InChI is InChI=1S/C9H14ClNO2/c1-2-4-12-5-3-9-8(6-10)11-7-13-9/h7H,2-6H2,1H3. The van der Waals surface area contributed by atoms with Gasteiger partial charge in [0.25, 0.3) is 0 Å². The molecule has 0 fully saturated rings. The monoisotopic (exact) mass is 203 g/mol. The van der Waals surface area contributed by atoms with Crippen LogP contribution in [-0.4, -0.2) is 18.2 Å². The molecule has 1 aromatic heterocycles.